The van der Waals surface area contributed by atoms with Crippen LogP contribution in [0.15, 0.2) is 18.2 Å². The van der Waals surface area contributed by atoms with Gasteiger partial charge < -0.3 is 20.5 Å². The van der Waals surface area contributed by atoms with Gasteiger partial charge in [-0.2, -0.15) is 0 Å². The Kier molecular flexibility index (Phi) is 5.88. The zero-order valence-corrected chi connectivity index (χ0v) is 13.2. The first-order valence-corrected chi connectivity index (χ1v) is 7.40. The molecule has 1 atom stereocenters. The fourth-order valence-electron chi connectivity index (χ4n) is 2.89. The van der Waals surface area contributed by atoms with Crippen LogP contribution in [-0.4, -0.2) is 43.3 Å². The van der Waals surface area contributed by atoms with Gasteiger partial charge in [-0.3, -0.25) is 9.69 Å². The number of benzene rings is 1. The van der Waals surface area contributed by atoms with Crippen LogP contribution in [0.5, 0.6) is 11.5 Å². The van der Waals surface area contributed by atoms with Crippen LogP contribution >= 0.6 is 12.4 Å². The molecular formula is C15H22ClN3O3. The molecule has 3 N–H and O–H groups in total. The van der Waals surface area contributed by atoms with Crippen LogP contribution in [0.3, 0.4) is 0 Å². The number of carbonyl (C=O) groups excluding carboxylic acids is 1. The Balaban J connectivity index is 0.00000176. The number of nitrogens with one attached hydrogen (secondary N) is 1. The Morgan fingerprint density at radius 3 is 2.95 bits per heavy atom. The minimum Gasteiger partial charge on any atom is -0.454 e. The monoisotopic (exact) mass is 327 g/mol. The summed E-state index contributed by atoms with van der Waals surface area (Å²) >= 11 is 0. The molecule has 0 bridgehead atoms. The van der Waals surface area contributed by atoms with E-state index in [1.54, 1.807) is 6.07 Å². The summed E-state index contributed by atoms with van der Waals surface area (Å²) in [7, 11) is 0. The first-order chi connectivity index (χ1) is 10.3. The molecule has 2 aliphatic rings. The highest BCUT2D eigenvalue weighted by atomic mass is 35.5. The normalized spacial score (nSPS) is 20.3. The molecule has 1 aromatic rings. The molecular weight excluding hydrogens is 306 g/mol. The van der Waals surface area contributed by atoms with Crippen molar-refractivity contribution in [2.75, 3.05) is 31.7 Å². The molecule has 1 unspecified atom stereocenters. The molecule has 1 saturated heterocycles. The minimum absolute atomic E-state index is 0. The van der Waals surface area contributed by atoms with Gasteiger partial charge in [-0.05, 0) is 31.5 Å². The van der Waals surface area contributed by atoms with E-state index in [0.29, 0.717) is 30.6 Å². The number of fused-ring (bicyclic) bond motifs is 1. The van der Waals surface area contributed by atoms with Gasteiger partial charge in [-0.15, -0.1) is 12.4 Å². The summed E-state index contributed by atoms with van der Waals surface area (Å²) in [5.74, 6) is 1.37. The average Bonchev–Trinajstić information content (AvgIpc) is 2.95. The number of likely N-dealkylation sites (tertiary alicyclic amines) is 1. The second-order valence-electron chi connectivity index (χ2n) is 5.47. The molecule has 0 spiro atoms. The molecule has 1 fully saturated rings. The van der Waals surface area contributed by atoms with Crippen molar-refractivity contribution >= 4 is 24.0 Å². The van der Waals surface area contributed by atoms with E-state index in [2.05, 4.69) is 10.2 Å². The summed E-state index contributed by atoms with van der Waals surface area (Å²) in [5.41, 5.74) is 6.51. The molecule has 0 aromatic heterocycles. The van der Waals surface area contributed by atoms with Crippen molar-refractivity contribution in [2.45, 2.75) is 25.3 Å². The van der Waals surface area contributed by atoms with Gasteiger partial charge in [0.1, 0.15) is 0 Å². The smallest absolute Gasteiger partial charge is 0.238 e. The second kappa shape index (κ2) is 7.67. The lowest BCUT2D eigenvalue weighted by atomic mass is 10.0. The number of hydrogen-bond acceptors (Lipinski definition) is 5. The van der Waals surface area contributed by atoms with Crippen molar-refractivity contribution in [2.24, 2.45) is 5.73 Å². The first kappa shape index (κ1) is 16.9. The zero-order valence-electron chi connectivity index (χ0n) is 12.4. The molecule has 1 aromatic carbocycles. The van der Waals surface area contributed by atoms with Gasteiger partial charge in [-0.1, -0.05) is 6.42 Å². The average molecular weight is 328 g/mol. The fourth-order valence-corrected chi connectivity index (χ4v) is 2.89. The third kappa shape index (κ3) is 3.82. The van der Waals surface area contributed by atoms with Crippen LogP contribution in [-0.2, 0) is 4.79 Å². The van der Waals surface area contributed by atoms with Gasteiger partial charge in [0, 0.05) is 24.3 Å². The minimum atomic E-state index is -0.0192. The Hall–Kier alpha value is -1.50. The van der Waals surface area contributed by atoms with Gasteiger partial charge >= 0.3 is 0 Å². The van der Waals surface area contributed by atoms with Crippen LogP contribution < -0.4 is 20.5 Å². The molecule has 122 valence electrons. The third-order valence-corrected chi connectivity index (χ3v) is 4.02. The molecule has 0 saturated carbocycles. The van der Waals surface area contributed by atoms with E-state index in [1.165, 1.54) is 6.42 Å². The highest BCUT2D eigenvalue weighted by molar-refractivity contribution is 5.92. The van der Waals surface area contributed by atoms with Crippen molar-refractivity contribution in [1.29, 1.82) is 0 Å². The van der Waals surface area contributed by atoms with Gasteiger partial charge in [0.15, 0.2) is 11.5 Å². The van der Waals surface area contributed by atoms with Crippen LogP contribution in [0, 0.1) is 0 Å². The summed E-state index contributed by atoms with van der Waals surface area (Å²) in [6.45, 7) is 2.17. The Morgan fingerprint density at radius 1 is 1.32 bits per heavy atom. The van der Waals surface area contributed by atoms with E-state index in [-0.39, 0.29) is 25.1 Å². The molecule has 6 nitrogen and oxygen atoms in total. The predicted molar refractivity (Wildman–Crippen MR) is 86.7 cm³/mol. The maximum absolute atomic E-state index is 12.2. The molecule has 2 aliphatic heterocycles. The van der Waals surface area contributed by atoms with Crippen LogP contribution in [0.4, 0.5) is 5.69 Å². The Labute approximate surface area is 136 Å². The number of halogens is 1. The standard InChI is InChI=1S/C15H21N3O3.ClH/c16-8-12-3-1-2-6-18(12)9-15(19)17-11-4-5-13-14(7-11)21-10-20-13;/h4-5,7,12H,1-3,6,8-10,16H2,(H,17,19);1H. The van der Waals surface area contributed by atoms with Crippen molar-refractivity contribution in [1.82, 2.24) is 4.90 Å². The van der Waals surface area contributed by atoms with Gasteiger partial charge in [0.25, 0.3) is 0 Å². The number of carbonyl (C=O) groups is 1. The Morgan fingerprint density at radius 2 is 2.14 bits per heavy atom. The lowest BCUT2D eigenvalue weighted by Gasteiger charge is -2.34. The highest BCUT2D eigenvalue weighted by Gasteiger charge is 2.23. The number of piperidine rings is 1. The number of hydrogen-bond donors (Lipinski definition) is 2. The third-order valence-electron chi connectivity index (χ3n) is 4.02. The zero-order chi connectivity index (χ0) is 14.7. The summed E-state index contributed by atoms with van der Waals surface area (Å²) in [5, 5.41) is 2.91. The topological polar surface area (TPSA) is 76.8 Å². The van der Waals surface area contributed by atoms with Gasteiger partial charge in [0.2, 0.25) is 12.7 Å². The largest absolute Gasteiger partial charge is 0.454 e. The number of ether oxygens (including phenoxy) is 2. The molecule has 0 aliphatic carbocycles. The number of rotatable bonds is 4. The molecule has 0 radical (unpaired) electrons. The van der Waals surface area contributed by atoms with Gasteiger partial charge in [0.05, 0.1) is 6.54 Å². The van der Waals surface area contributed by atoms with E-state index < -0.39 is 0 Å². The molecule has 22 heavy (non-hydrogen) atoms. The summed E-state index contributed by atoms with van der Waals surface area (Å²) < 4.78 is 10.6. The maximum Gasteiger partial charge on any atom is 0.238 e. The van der Waals surface area contributed by atoms with Crippen molar-refractivity contribution in [3.63, 3.8) is 0 Å². The fraction of sp³-hybridized carbons (Fsp3) is 0.533. The number of nitrogens with two attached hydrogens (primary N) is 1. The van der Waals surface area contributed by atoms with Crippen LogP contribution in [0.2, 0.25) is 0 Å². The van der Waals surface area contributed by atoms with E-state index in [1.807, 2.05) is 12.1 Å². The summed E-state index contributed by atoms with van der Waals surface area (Å²) in [4.78, 5) is 14.3. The molecule has 2 heterocycles. The van der Waals surface area contributed by atoms with Crippen LogP contribution in [0.1, 0.15) is 19.3 Å². The maximum atomic E-state index is 12.2. The Bertz CT molecular complexity index is 527. The van der Waals surface area contributed by atoms with Crippen molar-refractivity contribution in [3.8, 4) is 11.5 Å². The number of nitrogens with zero attached hydrogens (tertiary/aromatic N) is 1. The summed E-state index contributed by atoms with van der Waals surface area (Å²) in [6.07, 6.45) is 3.41. The number of amides is 1. The van der Waals surface area contributed by atoms with Crippen molar-refractivity contribution < 1.29 is 14.3 Å². The second-order valence-corrected chi connectivity index (χ2v) is 5.47. The van der Waals surface area contributed by atoms with Gasteiger partial charge in [-0.25, -0.2) is 0 Å². The molecule has 7 heteroatoms. The highest BCUT2D eigenvalue weighted by Crippen LogP contribution is 2.34. The van der Waals surface area contributed by atoms with E-state index in [4.69, 9.17) is 15.2 Å². The SMILES string of the molecule is Cl.NCC1CCCCN1CC(=O)Nc1ccc2c(c1)OCO2. The van der Waals surface area contributed by atoms with Crippen LogP contribution in [0.25, 0.3) is 0 Å². The van der Waals surface area contributed by atoms with E-state index in [0.717, 1.165) is 25.1 Å². The lowest BCUT2D eigenvalue weighted by Crippen LogP contribution is -2.47. The first-order valence-electron chi connectivity index (χ1n) is 7.40. The van der Waals surface area contributed by atoms with Crippen molar-refractivity contribution in [3.05, 3.63) is 18.2 Å². The lowest BCUT2D eigenvalue weighted by molar-refractivity contribution is -0.118. The predicted octanol–water partition coefficient (Wildman–Crippen LogP) is 1.59. The quantitative estimate of drug-likeness (QED) is 0.878. The van der Waals surface area contributed by atoms with E-state index >= 15 is 0 Å². The molecule has 3 rings (SSSR count). The van der Waals surface area contributed by atoms with E-state index in [9.17, 15) is 4.79 Å². The number of anilines is 1. The molecule has 1 amide bonds. The summed E-state index contributed by atoms with van der Waals surface area (Å²) in [6, 6.07) is 5.74.